The van der Waals surface area contributed by atoms with E-state index in [1.165, 1.54) is 19.5 Å². The standard InChI is InChI=1S/C7H7BrN2O3/c1-13-7-3-9-2-6(8)5(7)4-10(11)12/h2-3H,4H2,1H3. The van der Waals surface area contributed by atoms with E-state index in [0.29, 0.717) is 15.8 Å². The molecule has 0 aromatic carbocycles. The van der Waals surface area contributed by atoms with Crippen molar-refractivity contribution in [3.05, 3.63) is 32.5 Å². The number of rotatable bonds is 3. The summed E-state index contributed by atoms with van der Waals surface area (Å²) in [7, 11) is 1.45. The van der Waals surface area contributed by atoms with Crippen LogP contribution in [0.25, 0.3) is 0 Å². The molecule has 0 saturated carbocycles. The Balaban J connectivity index is 3.07. The molecule has 5 nitrogen and oxygen atoms in total. The van der Waals surface area contributed by atoms with Crippen molar-refractivity contribution >= 4 is 15.9 Å². The van der Waals surface area contributed by atoms with Crippen LogP contribution in [-0.2, 0) is 6.54 Å². The van der Waals surface area contributed by atoms with Gasteiger partial charge in [0, 0.05) is 15.6 Å². The molecule has 13 heavy (non-hydrogen) atoms. The highest BCUT2D eigenvalue weighted by Gasteiger charge is 2.12. The Labute approximate surface area is 83.0 Å². The molecule has 1 rings (SSSR count). The number of hydrogen-bond acceptors (Lipinski definition) is 4. The van der Waals surface area contributed by atoms with Crippen LogP contribution in [0, 0.1) is 10.1 Å². The first kappa shape index (κ1) is 9.91. The molecule has 1 heterocycles. The lowest BCUT2D eigenvalue weighted by molar-refractivity contribution is -0.497. The number of halogens is 1. The number of aromatic nitrogens is 1. The molecule has 0 aliphatic rings. The molecule has 0 fully saturated rings. The fourth-order valence-corrected chi connectivity index (χ4v) is 1.34. The molecule has 0 aliphatic heterocycles. The lowest BCUT2D eigenvalue weighted by Gasteiger charge is -2.05. The number of nitrogens with zero attached hydrogens (tertiary/aromatic N) is 2. The average molecular weight is 247 g/mol. The van der Waals surface area contributed by atoms with Crippen LogP contribution >= 0.6 is 15.9 Å². The highest BCUT2D eigenvalue weighted by atomic mass is 79.9. The Hall–Kier alpha value is -1.17. The second-order valence-corrected chi connectivity index (χ2v) is 3.15. The summed E-state index contributed by atoms with van der Waals surface area (Å²) < 4.78 is 5.52. The molecule has 1 aromatic rings. The van der Waals surface area contributed by atoms with Crippen molar-refractivity contribution in [1.82, 2.24) is 4.98 Å². The van der Waals surface area contributed by atoms with E-state index in [2.05, 4.69) is 20.9 Å². The molecule has 1 aromatic heterocycles. The van der Waals surface area contributed by atoms with Gasteiger partial charge in [-0.3, -0.25) is 15.1 Å². The number of ether oxygens (including phenoxy) is 1. The van der Waals surface area contributed by atoms with Gasteiger partial charge in [0.05, 0.1) is 18.9 Å². The summed E-state index contributed by atoms with van der Waals surface area (Å²) in [4.78, 5) is 13.7. The zero-order chi connectivity index (χ0) is 9.84. The van der Waals surface area contributed by atoms with Gasteiger partial charge in [-0.2, -0.15) is 0 Å². The molecular weight excluding hydrogens is 240 g/mol. The average Bonchev–Trinajstić information content (AvgIpc) is 2.08. The van der Waals surface area contributed by atoms with Gasteiger partial charge in [-0.25, -0.2) is 0 Å². The van der Waals surface area contributed by atoms with E-state index in [1.54, 1.807) is 0 Å². The van der Waals surface area contributed by atoms with E-state index in [9.17, 15) is 10.1 Å². The zero-order valence-corrected chi connectivity index (χ0v) is 8.44. The summed E-state index contributed by atoms with van der Waals surface area (Å²) >= 11 is 3.17. The van der Waals surface area contributed by atoms with Crippen LogP contribution in [0.4, 0.5) is 0 Å². The minimum Gasteiger partial charge on any atom is -0.495 e. The number of methoxy groups -OCH3 is 1. The van der Waals surface area contributed by atoms with E-state index in [4.69, 9.17) is 4.74 Å². The molecule has 0 aliphatic carbocycles. The van der Waals surface area contributed by atoms with E-state index in [0.717, 1.165) is 0 Å². The number of pyridine rings is 1. The first-order valence-corrected chi connectivity index (χ1v) is 4.22. The minimum absolute atomic E-state index is 0.272. The van der Waals surface area contributed by atoms with Crippen molar-refractivity contribution in [3.8, 4) is 5.75 Å². The molecule has 0 radical (unpaired) electrons. The van der Waals surface area contributed by atoms with Gasteiger partial charge in [0.25, 0.3) is 0 Å². The highest BCUT2D eigenvalue weighted by molar-refractivity contribution is 9.10. The summed E-state index contributed by atoms with van der Waals surface area (Å²) in [6.45, 7) is -0.272. The maximum Gasteiger partial charge on any atom is 0.233 e. The summed E-state index contributed by atoms with van der Waals surface area (Å²) in [5.41, 5.74) is 0.502. The lowest BCUT2D eigenvalue weighted by atomic mass is 10.2. The molecule has 70 valence electrons. The molecule has 0 spiro atoms. The molecule has 0 N–H and O–H groups in total. The fraction of sp³-hybridized carbons (Fsp3) is 0.286. The molecule has 6 heteroatoms. The van der Waals surface area contributed by atoms with E-state index in [-0.39, 0.29) is 6.54 Å². The first-order chi connectivity index (χ1) is 6.15. The SMILES string of the molecule is COc1cncc(Br)c1C[N+](=O)[O-]. The van der Waals surface area contributed by atoms with Gasteiger partial charge < -0.3 is 4.74 Å². The van der Waals surface area contributed by atoms with Crippen molar-refractivity contribution in [2.24, 2.45) is 0 Å². The van der Waals surface area contributed by atoms with Crippen molar-refractivity contribution < 1.29 is 9.66 Å². The third-order valence-corrected chi connectivity index (χ3v) is 2.16. The Morgan fingerprint density at radius 3 is 2.92 bits per heavy atom. The van der Waals surface area contributed by atoms with Crippen LogP contribution in [0.15, 0.2) is 16.9 Å². The largest absolute Gasteiger partial charge is 0.495 e. The van der Waals surface area contributed by atoms with Crippen molar-refractivity contribution in [2.75, 3.05) is 7.11 Å². The Morgan fingerprint density at radius 1 is 1.69 bits per heavy atom. The Morgan fingerprint density at radius 2 is 2.38 bits per heavy atom. The Bertz CT molecular complexity index is 330. The van der Waals surface area contributed by atoms with Crippen molar-refractivity contribution in [1.29, 1.82) is 0 Å². The van der Waals surface area contributed by atoms with Crippen LogP contribution < -0.4 is 4.74 Å². The first-order valence-electron chi connectivity index (χ1n) is 3.43. The predicted molar refractivity (Wildman–Crippen MR) is 49.2 cm³/mol. The van der Waals surface area contributed by atoms with Gasteiger partial charge in [-0.1, -0.05) is 0 Å². The monoisotopic (exact) mass is 246 g/mol. The fourth-order valence-electron chi connectivity index (χ4n) is 0.902. The number of nitro groups is 1. The molecule has 0 saturated heterocycles. The van der Waals surface area contributed by atoms with Gasteiger partial charge in [0.2, 0.25) is 6.54 Å². The van der Waals surface area contributed by atoms with Crippen LogP contribution in [0.3, 0.4) is 0 Å². The predicted octanol–water partition coefficient (Wildman–Crippen LogP) is 1.63. The van der Waals surface area contributed by atoms with Gasteiger partial charge in [-0.15, -0.1) is 0 Å². The second-order valence-electron chi connectivity index (χ2n) is 2.29. The third kappa shape index (κ3) is 2.38. The van der Waals surface area contributed by atoms with Crippen molar-refractivity contribution in [3.63, 3.8) is 0 Å². The van der Waals surface area contributed by atoms with Crippen LogP contribution in [0.1, 0.15) is 5.56 Å². The zero-order valence-electron chi connectivity index (χ0n) is 6.86. The Kier molecular flexibility index (Phi) is 3.18. The summed E-state index contributed by atoms with van der Waals surface area (Å²) in [6.07, 6.45) is 2.95. The molecule has 0 unspecified atom stereocenters. The normalized spacial score (nSPS) is 9.69. The van der Waals surface area contributed by atoms with E-state index in [1.807, 2.05) is 0 Å². The quantitative estimate of drug-likeness (QED) is 0.601. The maximum atomic E-state index is 10.3. The van der Waals surface area contributed by atoms with Crippen LogP contribution in [0.2, 0.25) is 0 Å². The smallest absolute Gasteiger partial charge is 0.233 e. The molecular formula is C7H7BrN2O3. The highest BCUT2D eigenvalue weighted by Crippen LogP contribution is 2.25. The summed E-state index contributed by atoms with van der Waals surface area (Å²) in [5.74, 6) is 0.422. The summed E-state index contributed by atoms with van der Waals surface area (Å²) in [6, 6.07) is 0. The van der Waals surface area contributed by atoms with Gasteiger partial charge in [0.1, 0.15) is 5.75 Å². The van der Waals surface area contributed by atoms with Crippen LogP contribution in [-0.4, -0.2) is 17.0 Å². The topological polar surface area (TPSA) is 65.3 Å². The van der Waals surface area contributed by atoms with E-state index < -0.39 is 4.92 Å². The van der Waals surface area contributed by atoms with Gasteiger partial charge >= 0.3 is 0 Å². The van der Waals surface area contributed by atoms with Gasteiger partial charge in [0.15, 0.2) is 0 Å². The molecule has 0 amide bonds. The van der Waals surface area contributed by atoms with Crippen LogP contribution in [0.5, 0.6) is 5.75 Å². The third-order valence-electron chi connectivity index (χ3n) is 1.47. The van der Waals surface area contributed by atoms with Crippen molar-refractivity contribution in [2.45, 2.75) is 6.54 Å². The molecule has 0 bridgehead atoms. The van der Waals surface area contributed by atoms with E-state index >= 15 is 0 Å². The maximum absolute atomic E-state index is 10.3. The number of hydrogen-bond donors (Lipinski definition) is 0. The lowest BCUT2D eigenvalue weighted by Crippen LogP contribution is -2.02. The minimum atomic E-state index is -0.414. The molecule has 0 atom stereocenters. The summed E-state index contributed by atoms with van der Waals surface area (Å²) in [5, 5.41) is 10.3. The van der Waals surface area contributed by atoms with Gasteiger partial charge in [-0.05, 0) is 15.9 Å². The second kappa shape index (κ2) is 4.18.